The second kappa shape index (κ2) is 13.6. The lowest BCUT2D eigenvalue weighted by molar-refractivity contribution is 0.891. The first kappa shape index (κ1) is 33.6. The van der Waals surface area contributed by atoms with E-state index >= 15 is 0 Å². The molecule has 4 heterocycles. The SMILES string of the molecule is C1=Cc2c(n(-c3cccc4nc(-c5ccccc5)sc34)c3c2ccc2c4ccccc4n(-c4nc(-c5ccccc5)nc(-c5cccc(-c6ccccc6)c5)n4)c23)CC1. The summed E-state index contributed by atoms with van der Waals surface area (Å²) < 4.78 is 5.96. The fourth-order valence-corrected chi connectivity index (χ4v) is 9.89. The van der Waals surface area contributed by atoms with E-state index in [0.717, 1.165) is 88.9 Å². The summed E-state index contributed by atoms with van der Waals surface area (Å²) in [6.45, 7) is 0. The maximum absolute atomic E-state index is 5.39. The van der Waals surface area contributed by atoms with E-state index in [4.69, 9.17) is 19.9 Å². The van der Waals surface area contributed by atoms with Crippen LogP contribution in [-0.2, 0) is 6.42 Å². The van der Waals surface area contributed by atoms with Crippen molar-refractivity contribution in [1.29, 1.82) is 0 Å². The molecular weight excluding hydrogens is 741 g/mol. The Bertz CT molecular complexity index is 3430. The predicted octanol–water partition coefficient (Wildman–Crippen LogP) is 13.1. The Morgan fingerprint density at radius 1 is 0.475 bits per heavy atom. The van der Waals surface area contributed by atoms with Crippen molar-refractivity contribution in [2.45, 2.75) is 12.8 Å². The molecule has 7 aromatic carbocycles. The van der Waals surface area contributed by atoms with Crippen molar-refractivity contribution in [3.63, 3.8) is 0 Å². The molecule has 278 valence electrons. The maximum atomic E-state index is 5.39. The van der Waals surface area contributed by atoms with Crippen LogP contribution < -0.4 is 0 Å². The molecule has 0 atom stereocenters. The zero-order chi connectivity index (χ0) is 38.9. The zero-order valence-corrected chi connectivity index (χ0v) is 32.6. The van der Waals surface area contributed by atoms with Gasteiger partial charge in [-0.05, 0) is 48.2 Å². The van der Waals surface area contributed by atoms with E-state index < -0.39 is 0 Å². The lowest BCUT2D eigenvalue weighted by Crippen LogP contribution is -2.08. The first-order valence-electron chi connectivity index (χ1n) is 20.0. The van der Waals surface area contributed by atoms with Crippen molar-refractivity contribution < 1.29 is 0 Å². The number of hydrogen-bond donors (Lipinski definition) is 0. The Hall–Kier alpha value is -7.48. The molecule has 0 unspecified atom stereocenters. The number of para-hydroxylation sites is 1. The molecule has 0 saturated carbocycles. The summed E-state index contributed by atoms with van der Waals surface area (Å²) in [5.74, 6) is 1.81. The third-order valence-corrected chi connectivity index (χ3v) is 12.6. The largest absolute Gasteiger partial charge is 0.309 e. The minimum atomic E-state index is 0.571. The summed E-state index contributed by atoms with van der Waals surface area (Å²) in [5, 5.41) is 4.50. The fourth-order valence-electron chi connectivity index (χ4n) is 8.82. The van der Waals surface area contributed by atoms with Gasteiger partial charge in [-0.2, -0.15) is 9.97 Å². The average molecular weight is 775 g/mol. The summed E-state index contributed by atoms with van der Waals surface area (Å²) in [4.78, 5) is 21.1. The highest BCUT2D eigenvalue weighted by atomic mass is 32.1. The number of allylic oxidation sites excluding steroid dienone is 1. The highest BCUT2D eigenvalue weighted by Gasteiger charge is 2.27. The van der Waals surface area contributed by atoms with Gasteiger partial charge < -0.3 is 4.57 Å². The Morgan fingerprint density at radius 3 is 1.93 bits per heavy atom. The van der Waals surface area contributed by atoms with Crippen molar-refractivity contribution in [3.8, 4) is 56.1 Å². The molecule has 0 spiro atoms. The highest BCUT2D eigenvalue weighted by Crippen LogP contribution is 2.44. The van der Waals surface area contributed by atoms with Crippen LogP contribution in [0.3, 0.4) is 0 Å². The molecule has 0 fully saturated rings. The molecule has 6 nitrogen and oxygen atoms in total. The Labute approximate surface area is 344 Å². The third-order valence-electron chi connectivity index (χ3n) is 11.5. The summed E-state index contributed by atoms with van der Waals surface area (Å²) in [6.07, 6.45) is 6.52. The molecule has 12 rings (SSSR count). The van der Waals surface area contributed by atoms with Gasteiger partial charge in [-0.3, -0.25) is 4.57 Å². The first-order valence-corrected chi connectivity index (χ1v) is 20.8. The van der Waals surface area contributed by atoms with Crippen LogP contribution in [0.5, 0.6) is 0 Å². The Morgan fingerprint density at radius 2 is 1.12 bits per heavy atom. The van der Waals surface area contributed by atoms with Crippen LogP contribution in [0.4, 0.5) is 0 Å². The van der Waals surface area contributed by atoms with Gasteiger partial charge in [0.1, 0.15) is 5.01 Å². The normalized spacial score (nSPS) is 12.5. The van der Waals surface area contributed by atoms with Gasteiger partial charge in [0, 0.05) is 44.1 Å². The minimum Gasteiger partial charge on any atom is -0.309 e. The van der Waals surface area contributed by atoms with Gasteiger partial charge in [0.2, 0.25) is 5.95 Å². The fraction of sp³-hybridized carbons (Fsp3) is 0.0385. The number of thiazole rings is 1. The third kappa shape index (κ3) is 5.47. The second-order valence-electron chi connectivity index (χ2n) is 15.0. The second-order valence-corrected chi connectivity index (χ2v) is 16.0. The predicted molar refractivity (Wildman–Crippen MR) is 243 cm³/mol. The molecule has 0 radical (unpaired) electrons. The Balaban J connectivity index is 1.18. The van der Waals surface area contributed by atoms with E-state index in [1.54, 1.807) is 11.3 Å². The van der Waals surface area contributed by atoms with E-state index in [1.807, 2.05) is 24.3 Å². The van der Waals surface area contributed by atoms with Crippen LogP contribution in [0.2, 0.25) is 0 Å². The van der Waals surface area contributed by atoms with Crippen molar-refractivity contribution in [3.05, 3.63) is 187 Å². The van der Waals surface area contributed by atoms with E-state index in [2.05, 4.69) is 167 Å². The van der Waals surface area contributed by atoms with E-state index in [-0.39, 0.29) is 0 Å². The van der Waals surface area contributed by atoms with Crippen LogP contribution >= 0.6 is 11.3 Å². The number of benzene rings is 7. The van der Waals surface area contributed by atoms with Crippen LogP contribution in [0.15, 0.2) is 176 Å². The molecule has 1 aliphatic rings. The lowest BCUT2D eigenvalue weighted by Gasteiger charge is -2.15. The molecule has 0 aliphatic heterocycles. The van der Waals surface area contributed by atoms with Crippen LogP contribution in [0.1, 0.15) is 17.7 Å². The van der Waals surface area contributed by atoms with Crippen LogP contribution in [-0.4, -0.2) is 29.1 Å². The molecule has 11 aromatic rings. The highest BCUT2D eigenvalue weighted by molar-refractivity contribution is 7.22. The molecular formula is C52H34N6S. The Kier molecular flexibility index (Phi) is 7.74. The topological polar surface area (TPSA) is 61.4 Å². The first-order chi connectivity index (χ1) is 29.3. The van der Waals surface area contributed by atoms with Crippen LogP contribution in [0, 0.1) is 0 Å². The molecule has 0 saturated heterocycles. The maximum Gasteiger partial charge on any atom is 0.238 e. The monoisotopic (exact) mass is 774 g/mol. The summed E-state index contributed by atoms with van der Waals surface area (Å²) in [7, 11) is 0. The molecule has 7 heteroatoms. The quantitative estimate of drug-likeness (QED) is 0.169. The lowest BCUT2D eigenvalue weighted by atomic mass is 10.0. The van der Waals surface area contributed by atoms with Gasteiger partial charge in [0.15, 0.2) is 11.6 Å². The van der Waals surface area contributed by atoms with Gasteiger partial charge in [0.25, 0.3) is 0 Å². The van der Waals surface area contributed by atoms with Gasteiger partial charge in [-0.1, -0.05) is 158 Å². The number of rotatable bonds is 6. The zero-order valence-electron chi connectivity index (χ0n) is 31.8. The number of nitrogens with zero attached hydrogens (tertiary/aromatic N) is 6. The van der Waals surface area contributed by atoms with Gasteiger partial charge in [-0.25, -0.2) is 9.97 Å². The molecule has 59 heavy (non-hydrogen) atoms. The van der Waals surface area contributed by atoms with Gasteiger partial charge in [0.05, 0.1) is 32.5 Å². The van der Waals surface area contributed by atoms with E-state index in [9.17, 15) is 0 Å². The molecule has 0 N–H and O–H groups in total. The average Bonchev–Trinajstić information content (AvgIpc) is 4.01. The molecule has 4 aromatic heterocycles. The molecule has 0 bridgehead atoms. The van der Waals surface area contributed by atoms with Crippen molar-refractivity contribution >= 4 is 60.3 Å². The number of aromatic nitrogens is 6. The van der Waals surface area contributed by atoms with Crippen LogP contribution in [0.25, 0.3) is 105 Å². The van der Waals surface area contributed by atoms with Crippen molar-refractivity contribution in [2.75, 3.05) is 0 Å². The van der Waals surface area contributed by atoms with Crippen molar-refractivity contribution in [2.24, 2.45) is 0 Å². The van der Waals surface area contributed by atoms with Gasteiger partial charge in [-0.15, -0.1) is 11.3 Å². The standard InChI is InChI=1S/C52H34N6S/c1-4-16-33(17-5-1)36-22-14-23-37(32-36)50-54-49(34-18-6-2-7-19-34)55-52(56-50)58-44-28-13-11-25-39(44)41-31-30-40-38-24-10-12-27-43(38)57(46(40)47(41)58)45-29-15-26-42-48(45)59-51(53-42)35-20-8-3-9-21-35/h1-11,13-26,28-32H,12,27H2. The van der Waals surface area contributed by atoms with Crippen molar-refractivity contribution in [1.82, 2.24) is 29.1 Å². The summed E-state index contributed by atoms with van der Waals surface area (Å²) in [5.41, 5.74) is 13.1. The van der Waals surface area contributed by atoms with E-state index in [0.29, 0.717) is 17.6 Å². The minimum absolute atomic E-state index is 0.571. The summed E-state index contributed by atoms with van der Waals surface area (Å²) in [6, 6.07) is 59.4. The summed E-state index contributed by atoms with van der Waals surface area (Å²) >= 11 is 1.75. The smallest absolute Gasteiger partial charge is 0.238 e. The molecule has 0 amide bonds. The number of hydrogen-bond acceptors (Lipinski definition) is 5. The van der Waals surface area contributed by atoms with Gasteiger partial charge >= 0.3 is 0 Å². The number of fused-ring (bicyclic) bond motifs is 8. The van der Waals surface area contributed by atoms with E-state index in [1.165, 1.54) is 16.6 Å². The molecule has 1 aliphatic carbocycles.